The summed E-state index contributed by atoms with van der Waals surface area (Å²) in [6.45, 7) is 6.10. The van der Waals surface area contributed by atoms with Crippen LogP contribution in [0.5, 0.6) is 0 Å². The van der Waals surface area contributed by atoms with Gasteiger partial charge in [0.2, 0.25) is 0 Å². The van der Waals surface area contributed by atoms with Gasteiger partial charge in [0.05, 0.1) is 24.8 Å². The Balaban J connectivity index is 1.50. The highest BCUT2D eigenvalue weighted by atomic mass is 16.5. The number of ether oxygens (including phenoxy) is 1. The highest BCUT2D eigenvalue weighted by molar-refractivity contribution is 5.89. The van der Waals surface area contributed by atoms with E-state index >= 15 is 0 Å². The largest absolute Gasteiger partial charge is 0.378 e. The third-order valence-corrected chi connectivity index (χ3v) is 5.19. The summed E-state index contributed by atoms with van der Waals surface area (Å²) < 4.78 is 5.66. The minimum atomic E-state index is -0.00430. The van der Waals surface area contributed by atoms with Gasteiger partial charge in [-0.05, 0) is 19.2 Å². The maximum absolute atomic E-state index is 12.7. The van der Waals surface area contributed by atoms with E-state index in [0.717, 1.165) is 51.6 Å². The van der Waals surface area contributed by atoms with Crippen molar-refractivity contribution in [2.45, 2.75) is 11.6 Å². The number of nitrogens with one attached hydrogen (secondary N) is 1. The van der Waals surface area contributed by atoms with E-state index in [-0.39, 0.29) is 11.6 Å². The fourth-order valence-electron chi connectivity index (χ4n) is 4.31. The highest BCUT2D eigenvalue weighted by Crippen LogP contribution is 2.34. The van der Waals surface area contributed by atoms with Gasteiger partial charge in [0, 0.05) is 38.4 Å². The van der Waals surface area contributed by atoms with Crippen molar-refractivity contribution in [2.24, 2.45) is 0 Å². The van der Waals surface area contributed by atoms with Gasteiger partial charge in [0.25, 0.3) is 0 Å². The van der Waals surface area contributed by atoms with Gasteiger partial charge in [0.15, 0.2) is 0 Å². The molecular formula is C17H24N4O2. The Hall–Kier alpha value is -1.63. The molecule has 3 aliphatic heterocycles. The number of likely N-dealkylation sites (N-methyl/N-ethyl adjacent to an activating group) is 1. The standard InChI is InChI=1S/C17H24N4O2/c1-19-11-17(12-19)13-20(9-15-10-23-8-7-21(15)17)16(22)18-14-5-3-2-4-6-14/h2-6,15H,7-13H2,1H3,(H,18,22)/t15-/m1/s1. The molecule has 6 nitrogen and oxygen atoms in total. The second-order valence-electron chi connectivity index (χ2n) is 7.00. The molecule has 4 rings (SSSR count). The van der Waals surface area contributed by atoms with Crippen molar-refractivity contribution < 1.29 is 9.53 Å². The molecule has 124 valence electrons. The summed E-state index contributed by atoms with van der Waals surface area (Å²) in [4.78, 5) is 19.6. The number of fused-ring (bicyclic) bond motifs is 2. The second kappa shape index (κ2) is 5.78. The van der Waals surface area contributed by atoms with Gasteiger partial charge in [-0.2, -0.15) is 0 Å². The second-order valence-corrected chi connectivity index (χ2v) is 7.00. The lowest BCUT2D eigenvalue weighted by molar-refractivity contribution is -0.151. The van der Waals surface area contributed by atoms with Crippen LogP contribution in [0.25, 0.3) is 0 Å². The van der Waals surface area contributed by atoms with Gasteiger partial charge < -0.3 is 19.9 Å². The first-order valence-corrected chi connectivity index (χ1v) is 8.30. The number of anilines is 1. The van der Waals surface area contributed by atoms with E-state index in [9.17, 15) is 4.79 Å². The zero-order chi connectivity index (χ0) is 15.9. The predicted octanol–water partition coefficient (Wildman–Crippen LogP) is 0.919. The Kier molecular flexibility index (Phi) is 3.75. The number of hydrogen-bond acceptors (Lipinski definition) is 4. The molecule has 0 unspecified atom stereocenters. The van der Waals surface area contributed by atoms with Crippen LogP contribution in [-0.4, -0.2) is 85.3 Å². The van der Waals surface area contributed by atoms with Crippen LogP contribution in [0.15, 0.2) is 30.3 Å². The topological polar surface area (TPSA) is 48.1 Å². The molecule has 0 bridgehead atoms. The molecule has 1 aromatic carbocycles. The van der Waals surface area contributed by atoms with Crippen LogP contribution in [-0.2, 0) is 4.74 Å². The summed E-state index contributed by atoms with van der Waals surface area (Å²) in [5.74, 6) is 0. The summed E-state index contributed by atoms with van der Waals surface area (Å²) in [5, 5.41) is 3.02. The van der Waals surface area contributed by atoms with E-state index in [1.54, 1.807) is 0 Å². The average molecular weight is 316 g/mol. The third kappa shape index (κ3) is 2.71. The molecule has 3 saturated heterocycles. The van der Waals surface area contributed by atoms with E-state index in [1.165, 1.54) is 0 Å². The Morgan fingerprint density at radius 1 is 1.26 bits per heavy atom. The van der Waals surface area contributed by atoms with Crippen LogP contribution in [0.1, 0.15) is 0 Å². The molecule has 0 aliphatic carbocycles. The van der Waals surface area contributed by atoms with Crippen molar-refractivity contribution in [1.29, 1.82) is 0 Å². The number of carbonyl (C=O) groups excluding carboxylic acids is 1. The van der Waals surface area contributed by atoms with Gasteiger partial charge in [-0.1, -0.05) is 18.2 Å². The number of hydrogen-bond donors (Lipinski definition) is 1. The molecule has 1 N–H and O–H groups in total. The minimum absolute atomic E-state index is 0.00430. The minimum Gasteiger partial charge on any atom is -0.378 e. The number of urea groups is 1. The number of rotatable bonds is 1. The lowest BCUT2D eigenvalue weighted by atomic mass is 9.83. The quantitative estimate of drug-likeness (QED) is 0.837. The zero-order valence-electron chi connectivity index (χ0n) is 13.6. The molecule has 0 aromatic heterocycles. The van der Waals surface area contributed by atoms with Crippen molar-refractivity contribution in [1.82, 2.24) is 14.7 Å². The van der Waals surface area contributed by atoms with Crippen molar-refractivity contribution in [2.75, 3.05) is 58.3 Å². The monoisotopic (exact) mass is 316 g/mol. The van der Waals surface area contributed by atoms with Crippen LogP contribution < -0.4 is 5.32 Å². The van der Waals surface area contributed by atoms with E-state index in [0.29, 0.717) is 6.04 Å². The third-order valence-electron chi connectivity index (χ3n) is 5.19. The number of morpholine rings is 1. The number of amides is 2. The summed E-state index contributed by atoms with van der Waals surface area (Å²) in [5.41, 5.74) is 0.953. The van der Waals surface area contributed by atoms with Crippen LogP contribution in [0.3, 0.4) is 0 Å². The molecule has 3 aliphatic rings. The smallest absolute Gasteiger partial charge is 0.321 e. The first-order chi connectivity index (χ1) is 11.2. The molecule has 2 amide bonds. The number of para-hydroxylation sites is 1. The van der Waals surface area contributed by atoms with Crippen LogP contribution in [0.4, 0.5) is 10.5 Å². The van der Waals surface area contributed by atoms with Crippen LogP contribution in [0.2, 0.25) is 0 Å². The maximum atomic E-state index is 12.7. The molecule has 3 heterocycles. The van der Waals surface area contributed by atoms with Gasteiger partial charge in [-0.15, -0.1) is 0 Å². The Bertz CT molecular complexity index is 573. The van der Waals surface area contributed by atoms with E-state index in [1.807, 2.05) is 35.2 Å². The summed E-state index contributed by atoms with van der Waals surface area (Å²) in [7, 11) is 2.14. The van der Waals surface area contributed by atoms with Crippen molar-refractivity contribution in [3.05, 3.63) is 30.3 Å². The fourth-order valence-corrected chi connectivity index (χ4v) is 4.31. The zero-order valence-corrected chi connectivity index (χ0v) is 13.6. The summed E-state index contributed by atoms with van der Waals surface area (Å²) >= 11 is 0. The molecule has 23 heavy (non-hydrogen) atoms. The summed E-state index contributed by atoms with van der Waals surface area (Å²) in [6.07, 6.45) is 0. The first-order valence-electron chi connectivity index (χ1n) is 8.30. The van der Waals surface area contributed by atoms with E-state index in [2.05, 4.69) is 22.2 Å². The number of carbonyl (C=O) groups is 1. The number of nitrogens with zero attached hydrogens (tertiary/aromatic N) is 3. The molecule has 1 atom stereocenters. The van der Waals surface area contributed by atoms with E-state index < -0.39 is 0 Å². The lowest BCUT2D eigenvalue weighted by Gasteiger charge is -2.62. The predicted molar refractivity (Wildman–Crippen MR) is 88.6 cm³/mol. The van der Waals surface area contributed by atoms with Crippen molar-refractivity contribution >= 4 is 11.7 Å². The molecule has 6 heteroatoms. The number of likely N-dealkylation sites (tertiary alicyclic amines) is 1. The van der Waals surface area contributed by atoms with Crippen molar-refractivity contribution in [3.8, 4) is 0 Å². The molecule has 0 radical (unpaired) electrons. The normalized spacial score (nSPS) is 27.3. The van der Waals surface area contributed by atoms with E-state index in [4.69, 9.17) is 4.74 Å². The SMILES string of the molecule is CN1CC2(C1)CN(C(=O)Nc1ccccc1)C[C@@H]1COCCN12. The molecule has 1 aromatic rings. The Labute approximate surface area is 137 Å². The van der Waals surface area contributed by atoms with Crippen molar-refractivity contribution in [3.63, 3.8) is 0 Å². The fraction of sp³-hybridized carbons (Fsp3) is 0.588. The Morgan fingerprint density at radius 3 is 2.78 bits per heavy atom. The summed E-state index contributed by atoms with van der Waals surface area (Å²) in [6, 6.07) is 9.97. The first kappa shape index (κ1) is 14.9. The highest BCUT2D eigenvalue weighted by Gasteiger charge is 2.53. The van der Waals surface area contributed by atoms with Crippen LogP contribution in [0, 0.1) is 0 Å². The average Bonchev–Trinajstić information content (AvgIpc) is 2.54. The molecule has 1 spiro atoms. The molecular weight excluding hydrogens is 292 g/mol. The maximum Gasteiger partial charge on any atom is 0.321 e. The molecule has 0 saturated carbocycles. The molecule has 3 fully saturated rings. The van der Waals surface area contributed by atoms with Gasteiger partial charge in [-0.25, -0.2) is 4.79 Å². The van der Waals surface area contributed by atoms with Gasteiger partial charge in [0.1, 0.15) is 0 Å². The van der Waals surface area contributed by atoms with Gasteiger partial charge >= 0.3 is 6.03 Å². The number of piperazine rings is 1. The number of benzene rings is 1. The lowest BCUT2D eigenvalue weighted by Crippen LogP contribution is -2.80. The van der Waals surface area contributed by atoms with Gasteiger partial charge in [-0.3, -0.25) is 4.90 Å². The van der Waals surface area contributed by atoms with Crippen LogP contribution >= 0.6 is 0 Å². The Morgan fingerprint density at radius 2 is 2.04 bits per heavy atom.